The van der Waals surface area contributed by atoms with Crippen LogP contribution in [0.3, 0.4) is 0 Å². The number of hydrogen-bond acceptors (Lipinski definition) is 3. The Bertz CT molecular complexity index is 1360. The highest BCUT2D eigenvalue weighted by Crippen LogP contribution is 2.30. The van der Waals surface area contributed by atoms with Crippen molar-refractivity contribution in [3.8, 4) is 44.8 Å². The topological polar surface area (TPSA) is 58.6 Å². The Morgan fingerprint density at radius 3 is 1.39 bits per heavy atom. The summed E-state index contributed by atoms with van der Waals surface area (Å²) in [7, 11) is 0. The first kappa shape index (κ1) is 18.7. The van der Waals surface area contributed by atoms with Crippen molar-refractivity contribution in [2.24, 2.45) is 0 Å². The fourth-order valence-electron chi connectivity index (χ4n) is 3.66. The van der Waals surface area contributed by atoms with Gasteiger partial charge in [0.15, 0.2) is 0 Å². The van der Waals surface area contributed by atoms with Crippen LogP contribution in [-0.4, -0.2) is 15.2 Å². The molecule has 0 amide bonds. The molecule has 5 aromatic rings. The molecule has 0 radical (unpaired) electrons. The standard InChI is InChI=1S/C27H19N3O/c31-27-28-25(23-15-11-21(12-16-23)19-7-3-1-4-8-19)26(29-30-27)24-17-13-22(14-18-24)20-9-5-2-6-10-20/h1-18H,(H,28,30,31). The minimum Gasteiger partial charge on any atom is -0.302 e. The van der Waals surface area contributed by atoms with Gasteiger partial charge >= 0.3 is 5.69 Å². The summed E-state index contributed by atoms with van der Waals surface area (Å²) in [5.74, 6) is 0. The smallest absolute Gasteiger partial charge is 0.302 e. The summed E-state index contributed by atoms with van der Waals surface area (Å²) in [6, 6.07) is 36.6. The van der Waals surface area contributed by atoms with E-state index in [1.807, 2.05) is 72.8 Å². The second-order valence-electron chi connectivity index (χ2n) is 7.24. The Labute approximate surface area is 179 Å². The quantitative estimate of drug-likeness (QED) is 0.412. The van der Waals surface area contributed by atoms with Crippen LogP contribution in [0, 0.1) is 0 Å². The van der Waals surface area contributed by atoms with E-state index in [4.69, 9.17) is 0 Å². The number of aromatic nitrogens is 3. The highest BCUT2D eigenvalue weighted by atomic mass is 16.1. The van der Waals surface area contributed by atoms with E-state index in [9.17, 15) is 4.79 Å². The fourth-order valence-corrected chi connectivity index (χ4v) is 3.66. The molecule has 0 saturated carbocycles. The molecule has 0 aliphatic heterocycles. The van der Waals surface area contributed by atoms with Gasteiger partial charge in [-0.2, -0.15) is 0 Å². The van der Waals surface area contributed by atoms with Gasteiger partial charge in [0.2, 0.25) is 0 Å². The van der Waals surface area contributed by atoms with Gasteiger partial charge in [-0.05, 0) is 22.3 Å². The van der Waals surface area contributed by atoms with Crippen molar-refractivity contribution in [2.75, 3.05) is 0 Å². The summed E-state index contributed by atoms with van der Waals surface area (Å²) in [5, 5.41) is 7.94. The lowest BCUT2D eigenvalue weighted by atomic mass is 9.99. The molecule has 1 aromatic heterocycles. The third-order valence-corrected chi connectivity index (χ3v) is 5.26. The molecule has 0 atom stereocenters. The number of hydrogen-bond donors (Lipinski definition) is 1. The van der Waals surface area contributed by atoms with Crippen molar-refractivity contribution in [3.05, 3.63) is 120 Å². The minimum atomic E-state index is -0.466. The lowest BCUT2D eigenvalue weighted by molar-refractivity contribution is 0.925. The highest BCUT2D eigenvalue weighted by Gasteiger charge is 2.12. The molecule has 0 unspecified atom stereocenters. The second kappa shape index (κ2) is 8.20. The molecule has 0 fully saturated rings. The van der Waals surface area contributed by atoms with Crippen LogP contribution in [0.2, 0.25) is 0 Å². The molecule has 0 aliphatic rings. The van der Waals surface area contributed by atoms with Gasteiger partial charge in [-0.25, -0.2) is 4.79 Å². The zero-order valence-electron chi connectivity index (χ0n) is 16.7. The van der Waals surface area contributed by atoms with Crippen LogP contribution in [0.15, 0.2) is 114 Å². The Hall–Kier alpha value is -4.31. The number of nitrogens with zero attached hydrogens (tertiary/aromatic N) is 2. The molecule has 0 aliphatic carbocycles. The zero-order valence-corrected chi connectivity index (χ0v) is 16.7. The lowest BCUT2D eigenvalue weighted by Crippen LogP contribution is -2.14. The van der Waals surface area contributed by atoms with Gasteiger partial charge in [-0.3, -0.25) is 0 Å². The van der Waals surface area contributed by atoms with Gasteiger partial charge < -0.3 is 4.98 Å². The number of H-pyrrole nitrogens is 1. The average molecular weight is 401 g/mol. The molecule has 31 heavy (non-hydrogen) atoms. The van der Waals surface area contributed by atoms with Crippen molar-refractivity contribution in [3.63, 3.8) is 0 Å². The third-order valence-electron chi connectivity index (χ3n) is 5.26. The van der Waals surface area contributed by atoms with Crippen molar-refractivity contribution in [2.45, 2.75) is 0 Å². The Balaban J connectivity index is 1.53. The van der Waals surface area contributed by atoms with E-state index in [1.165, 1.54) is 0 Å². The van der Waals surface area contributed by atoms with E-state index < -0.39 is 5.69 Å². The first-order valence-electron chi connectivity index (χ1n) is 10.1. The van der Waals surface area contributed by atoms with Gasteiger partial charge in [0.1, 0.15) is 5.69 Å². The number of benzene rings is 4. The van der Waals surface area contributed by atoms with Crippen molar-refractivity contribution >= 4 is 0 Å². The van der Waals surface area contributed by atoms with E-state index in [0.29, 0.717) is 11.4 Å². The van der Waals surface area contributed by atoms with Crippen LogP contribution in [0.25, 0.3) is 44.8 Å². The van der Waals surface area contributed by atoms with E-state index in [0.717, 1.165) is 33.4 Å². The summed E-state index contributed by atoms with van der Waals surface area (Å²) in [5.41, 5.74) is 7.15. The Kier molecular flexibility index (Phi) is 4.95. The molecule has 4 heteroatoms. The second-order valence-corrected chi connectivity index (χ2v) is 7.24. The van der Waals surface area contributed by atoms with Crippen LogP contribution in [0.4, 0.5) is 0 Å². The first-order valence-corrected chi connectivity index (χ1v) is 10.1. The van der Waals surface area contributed by atoms with Crippen molar-refractivity contribution in [1.29, 1.82) is 0 Å². The Morgan fingerprint density at radius 2 is 0.871 bits per heavy atom. The molecular formula is C27H19N3O. The monoisotopic (exact) mass is 401 g/mol. The van der Waals surface area contributed by atoms with E-state index >= 15 is 0 Å². The van der Waals surface area contributed by atoms with Crippen molar-refractivity contribution < 1.29 is 0 Å². The van der Waals surface area contributed by atoms with Crippen LogP contribution in [-0.2, 0) is 0 Å². The van der Waals surface area contributed by atoms with Gasteiger partial charge in [0.05, 0.1) is 5.69 Å². The molecule has 4 nitrogen and oxygen atoms in total. The highest BCUT2D eigenvalue weighted by molar-refractivity contribution is 5.80. The summed E-state index contributed by atoms with van der Waals surface area (Å²) >= 11 is 0. The van der Waals surface area contributed by atoms with Crippen LogP contribution >= 0.6 is 0 Å². The molecule has 0 bridgehead atoms. The zero-order chi connectivity index (χ0) is 21.0. The number of nitrogens with one attached hydrogen (secondary N) is 1. The predicted molar refractivity (Wildman–Crippen MR) is 124 cm³/mol. The lowest BCUT2D eigenvalue weighted by Gasteiger charge is -2.10. The van der Waals surface area contributed by atoms with Crippen LogP contribution < -0.4 is 5.69 Å². The molecule has 1 N–H and O–H groups in total. The van der Waals surface area contributed by atoms with E-state index in [-0.39, 0.29) is 0 Å². The fraction of sp³-hybridized carbons (Fsp3) is 0. The van der Waals surface area contributed by atoms with Gasteiger partial charge in [-0.1, -0.05) is 114 Å². The minimum absolute atomic E-state index is 0.466. The van der Waals surface area contributed by atoms with Crippen molar-refractivity contribution in [1.82, 2.24) is 15.2 Å². The third kappa shape index (κ3) is 3.91. The SMILES string of the molecule is O=c1nnc(-c2ccc(-c3ccccc3)cc2)c(-c2ccc(-c3ccccc3)cc2)[nH]1. The number of aromatic amines is 1. The van der Waals surface area contributed by atoms with E-state index in [2.05, 4.69) is 51.6 Å². The first-order chi connectivity index (χ1) is 15.3. The van der Waals surface area contributed by atoms with Gasteiger partial charge in [0, 0.05) is 11.1 Å². The maximum absolute atomic E-state index is 11.9. The maximum Gasteiger partial charge on any atom is 0.364 e. The predicted octanol–water partition coefficient (Wildman–Crippen LogP) is 5.83. The summed E-state index contributed by atoms with van der Waals surface area (Å²) in [4.78, 5) is 14.8. The largest absolute Gasteiger partial charge is 0.364 e. The molecule has 0 saturated heterocycles. The summed E-state index contributed by atoms with van der Waals surface area (Å²) in [6.07, 6.45) is 0. The molecule has 0 spiro atoms. The van der Waals surface area contributed by atoms with Crippen LogP contribution in [0.5, 0.6) is 0 Å². The molecule has 4 aromatic carbocycles. The molecule has 1 heterocycles. The number of rotatable bonds is 4. The maximum atomic E-state index is 11.9. The van der Waals surface area contributed by atoms with Gasteiger partial charge in [-0.15, -0.1) is 5.10 Å². The summed E-state index contributed by atoms with van der Waals surface area (Å²) < 4.78 is 0. The van der Waals surface area contributed by atoms with Gasteiger partial charge in [0.25, 0.3) is 0 Å². The normalized spacial score (nSPS) is 10.7. The van der Waals surface area contributed by atoms with Crippen LogP contribution in [0.1, 0.15) is 0 Å². The molecule has 148 valence electrons. The Morgan fingerprint density at radius 1 is 0.452 bits per heavy atom. The molecule has 5 rings (SSSR count). The summed E-state index contributed by atoms with van der Waals surface area (Å²) in [6.45, 7) is 0. The molecular weight excluding hydrogens is 382 g/mol. The van der Waals surface area contributed by atoms with E-state index in [1.54, 1.807) is 0 Å². The average Bonchev–Trinajstić information content (AvgIpc) is 2.85.